The van der Waals surface area contributed by atoms with Gasteiger partial charge in [-0.15, -0.1) is 0 Å². The molecule has 3 N–H and O–H groups in total. The molecule has 0 aromatic rings. The van der Waals surface area contributed by atoms with Crippen molar-refractivity contribution in [3.63, 3.8) is 0 Å². The molecule has 316 valence electrons. The summed E-state index contributed by atoms with van der Waals surface area (Å²) in [6, 6.07) is -0.700. The van der Waals surface area contributed by atoms with Crippen LogP contribution in [0.15, 0.2) is 36.5 Å². The third-order valence-electron chi connectivity index (χ3n) is 10.5. The van der Waals surface area contributed by atoms with Gasteiger partial charge in [-0.3, -0.25) is 9.59 Å². The first-order valence-electron chi connectivity index (χ1n) is 23.2. The topological polar surface area (TPSA) is 95.9 Å². The van der Waals surface area contributed by atoms with Crippen LogP contribution in [0, 0.1) is 0 Å². The van der Waals surface area contributed by atoms with Crippen molar-refractivity contribution in [3.05, 3.63) is 36.5 Å². The maximum atomic E-state index is 13.1. The van der Waals surface area contributed by atoms with Gasteiger partial charge in [0.15, 0.2) is 0 Å². The first-order chi connectivity index (χ1) is 26.5. The molecule has 3 unspecified atom stereocenters. The second-order valence-electron chi connectivity index (χ2n) is 15.8. The van der Waals surface area contributed by atoms with Crippen LogP contribution in [0.5, 0.6) is 0 Å². The molecule has 6 nitrogen and oxygen atoms in total. The largest absolute Gasteiger partial charge is 0.462 e. The average Bonchev–Trinajstić information content (AvgIpc) is 3.16. The Morgan fingerprint density at radius 3 is 1.52 bits per heavy atom. The van der Waals surface area contributed by atoms with Gasteiger partial charge in [-0.2, -0.15) is 0 Å². The van der Waals surface area contributed by atoms with E-state index in [0.717, 1.165) is 89.9 Å². The molecule has 0 aromatic carbocycles. The summed E-state index contributed by atoms with van der Waals surface area (Å²) in [7, 11) is 0. The smallest absolute Gasteiger partial charge is 0.306 e. The molecule has 0 rings (SSSR count). The van der Waals surface area contributed by atoms with Gasteiger partial charge >= 0.3 is 5.97 Å². The third-order valence-corrected chi connectivity index (χ3v) is 10.5. The number of allylic oxidation sites excluding steroid dienone is 6. The molecule has 0 bridgehead atoms. The van der Waals surface area contributed by atoms with Crippen molar-refractivity contribution in [2.75, 3.05) is 6.61 Å². The lowest BCUT2D eigenvalue weighted by Gasteiger charge is -2.24. The standard InChI is InChI=1S/C48H89NO5/c1-4-7-10-13-16-19-21-23-25-27-29-32-35-38-41-48(53)54-44(39-36-33-30-18-15-12-9-6-3)42-47(52)49-45(43-50)46(51)40-37-34-31-28-26-24-22-20-17-14-11-8-5-2/h7,10,16,19,23,25,44-46,50-51H,4-6,8-9,11-15,17-18,20-22,24,26-43H2,1-3H3,(H,49,52)/b10-7+,19-16+,25-23+. The average molecular weight is 760 g/mol. The maximum Gasteiger partial charge on any atom is 0.306 e. The van der Waals surface area contributed by atoms with Gasteiger partial charge in [0.05, 0.1) is 25.2 Å². The first kappa shape index (κ1) is 52.1. The van der Waals surface area contributed by atoms with Crippen LogP contribution in [0.3, 0.4) is 0 Å². The zero-order valence-electron chi connectivity index (χ0n) is 35.9. The van der Waals surface area contributed by atoms with Crippen LogP contribution < -0.4 is 5.32 Å². The van der Waals surface area contributed by atoms with Crippen molar-refractivity contribution in [3.8, 4) is 0 Å². The minimum Gasteiger partial charge on any atom is -0.462 e. The number of hydrogen-bond acceptors (Lipinski definition) is 5. The summed E-state index contributed by atoms with van der Waals surface area (Å²) in [5, 5.41) is 23.6. The SMILES string of the molecule is CC/C=C/C/C=C/C/C=C/CCCCCCC(=O)OC(CCCCCCCCCC)CC(=O)NC(CO)C(O)CCCCCCCCCCCCCCC. The van der Waals surface area contributed by atoms with Gasteiger partial charge in [0, 0.05) is 6.42 Å². The van der Waals surface area contributed by atoms with Gasteiger partial charge in [-0.1, -0.05) is 198 Å². The number of esters is 1. The van der Waals surface area contributed by atoms with Crippen molar-refractivity contribution in [2.45, 2.75) is 251 Å². The Morgan fingerprint density at radius 1 is 0.556 bits per heavy atom. The van der Waals surface area contributed by atoms with E-state index in [0.29, 0.717) is 19.3 Å². The Labute approximate surface area is 334 Å². The van der Waals surface area contributed by atoms with Crippen LogP contribution in [0.1, 0.15) is 233 Å². The molecule has 3 atom stereocenters. The molecule has 0 saturated carbocycles. The van der Waals surface area contributed by atoms with E-state index in [1.807, 2.05) is 0 Å². The molecule has 0 radical (unpaired) electrons. The number of carbonyl (C=O) groups is 2. The number of amides is 1. The summed E-state index contributed by atoms with van der Waals surface area (Å²) < 4.78 is 5.88. The molecule has 0 aliphatic heterocycles. The summed E-state index contributed by atoms with van der Waals surface area (Å²) in [6.45, 7) is 6.34. The van der Waals surface area contributed by atoms with Crippen LogP contribution in [0.2, 0.25) is 0 Å². The van der Waals surface area contributed by atoms with Crippen molar-refractivity contribution in [1.29, 1.82) is 0 Å². The Balaban J connectivity index is 4.50. The molecular weight excluding hydrogens is 671 g/mol. The number of unbranched alkanes of at least 4 members (excludes halogenated alkanes) is 23. The molecule has 1 amide bonds. The lowest BCUT2D eigenvalue weighted by atomic mass is 10.0. The van der Waals surface area contributed by atoms with Crippen molar-refractivity contribution < 1.29 is 24.5 Å². The van der Waals surface area contributed by atoms with E-state index in [-0.39, 0.29) is 24.9 Å². The van der Waals surface area contributed by atoms with Gasteiger partial charge in [-0.05, 0) is 57.8 Å². The molecular formula is C48H89NO5. The molecule has 0 fully saturated rings. The Kier molecular flexibility index (Phi) is 40.7. The highest BCUT2D eigenvalue weighted by Crippen LogP contribution is 2.17. The Bertz CT molecular complexity index is 900. The highest BCUT2D eigenvalue weighted by molar-refractivity contribution is 5.77. The lowest BCUT2D eigenvalue weighted by molar-refractivity contribution is -0.151. The van der Waals surface area contributed by atoms with E-state index in [1.165, 1.54) is 96.3 Å². The van der Waals surface area contributed by atoms with E-state index in [4.69, 9.17) is 4.74 Å². The minimum absolute atomic E-state index is 0.0706. The number of carbonyl (C=O) groups excluding carboxylic acids is 2. The minimum atomic E-state index is -0.786. The monoisotopic (exact) mass is 760 g/mol. The molecule has 6 heteroatoms. The van der Waals surface area contributed by atoms with Crippen LogP contribution in [-0.2, 0) is 14.3 Å². The van der Waals surface area contributed by atoms with Crippen LogP contribution in [0.25, 0.3) is 0 Å². The predicted octanol–water partition coefficient (Wildman–Crippen LogP) is 13.3. The fourth-order valence-electron chi connectivity index (χ4n) is 6.97. The Hall–Kier alpha value is -1.92. The number of ether oxygens (including phenoxy) is 1. The highest BCUT2D eigenvalue weighted by atomic mass is 16.5. The van der Waals surface area contributed by atoms with Crippen molar-refractivity contribution in [2.24, 2.45) is 0 Å². The van der Waals surface area contributed by atoms with Crippen LogP contribution >= 0.6 is 0 Å². The summed E-state index contributed by atoms with van der Waals surface area (Å²) in [5.41, 5.74) is 0. The molecule has 0 saturated heterocycles. The fourth-order valence-corrected chi connectivity index (χ4v) is 6.97. The van der Waals surface area contributed by atoms with Crippen LogP contribution in [-0.4, -0.2) is 46.9 Å². The molecule has 0 spiro atoms. The quantitative estimate of drug-likeness (QED) is 0.0328. The van der Waals surface area contributed by atoms with E-state index in [9.17, 15) is 19.8 Å². The van der Waals surface area contributed by atoms with Gasteiger partial charge in [0.2, 0.25) is 5.91 Å². The Morgan fingerprint density at radius 2 is 1.00 bits per heavy atom. The van der Waals surface area contributed by atoms with Gasteiger partial charge in [0.1, 0.15) is 6.10 Å². The normalized spacial score (nSPS) is 13.6. The van der Waals surface area contributed by atoms with E-state index in [1.54, 1.807) is 0 Å². The molecule has 54 heavy (non-hydrogen) atoms. The predicted molar refractivity (Wildman–Crippen MR) is 232 cm³/mol. The summed E-state index contributed by atoms with van der Waals surface area (Å²) in [5.74, 6) is -0.498. The van der Waals surface area contributed by atoms with Gasteiger partial charge in [-0.25, -0.2) is 0 Å². The summed E-state index contributed by atoms with van der Waals surface area (Å²) in [6.07, 6.45) is 47.8. The highest BCUT2D eigenvalue weighted by Gasteiger charge is 2.24. The number of aliphatic hydroxyl groups is 2. The first-order valence-corrected chi connectivity index (χ1v) is 23.2. The van der Waals surface area contributed by atoms with Crippen LogP contribution in [0.4, 0.5) is 0 Å². The van der Waals surface area contributed by atoms with Gasteiger partial charge < -0.3 is 20.3 Å². The molecule has 0 heterocycles. The van der Waals surface area contributed by atoms with Gasteiger partial charge in [0.25, 0.3) is 0 Å². The van der Waals surface area contributed by atoms with Crippen molar-refractivity contribution >= 4 is 11.9 Å². The number of rotatable bonds is 41. The fraction of sp³-hybridized carbons (Fsp3) is 0.833. The summed E-state index contributed by atoms with van der Waals surface area (Å²) >= 11 is 0. The second kappa shape index (κ2) is 42.2. The molecule has 0 aliphatic rings. The van der Waals surface area contributed by atoms with E-state index >= 15 is 0 Å². The second-order valence-corrected chi connectivity index (χ2v) is 15.8. The number of aliphatic hydroxyl groups excluding tert-OH is 2. The molecule has 0 aliphatic carbocycles. The summed E-state index contributed by atoms with van der Waals surface area (Å²) in [4.78, 5) is 25.9. The molecule has 0 aromatic heterocycles. The maximum absolute atomic E-state index is 13.1. The number of nitrogens with one attached hydrogen (secondary N) is 1. The third kappa shape index (κ3) is 37.0. The number of hydrogen-bond donors (Lipinski definition) is 3. The van der Waals surface area contributed by atoms with Crippen molar-refractivity contribution in [1.82, 2.24) is 5.32 Å². The zero-order valence-corrected chi connectivity index (χ0v) is 35.9. The lowest BCUT2D eigenvalue weighted by Crippen LogP contribution is -2.46. The zero-order chi connectivity index (χ0) is 39.6. The van der Waals surface area contributed by atoms with E-state index < -0.39 is 18.2 Å². The van der Waals surface area contributed by atoms with E-state index in [2.05, 4.69) is 62.5 Å².